The molecule has 5 heteroatoms. The van der Waals surface area contributed by atoms with Gasteiger partial charge in [-0.15, -0.1) is 0 Å². The summed E-state index contributed by atoms with van der Waals surface area (Å²) in [4.78, 5) is 11.9. The predicted molar refractivity (Wildman–Crippen MR) is 100 cm³/mol. The lowest BCUT2D eigenvalue weighted by Gasteiger charge is -2.09. The Bertz CT molecular complexity index is 676. The van der Waals surface area contributed by atoms with Crippen LogP contribution in [0.5, 0.6) is 0 Å². The molecule has 0 heterocycles. The Hall–Kier alpha value is -1.36. The summed E-state index contributed by atoms with van der Waals surface area (Å²) in [6.07, 6.45) is 1.33. The highest BCUT2D eigenvalue weighted by molar-refractivity contribution is 9.10. The van der Waals surface area contributed by atoms with Crippen LogP contribution in [0.4, 0.5) is 5.69 Å². The van der Waals surface area contributed by atoms with Crippen molar-refractivity contribution in [3.05, 3.63) is 63.1 Å². The summed E-state index contributed by atoms with van der Waals surface area (Å²) >= 11 is 9.41. The Balaban J connectivity index is 1.67. The van der Waals surface area contributed by atoms with Crippen LogP contribution in [0, 0.1) is 6.92 Å². The molecule has 0 fully saturated rings. The number of anilines is 1. The molecule has 0 radical (unpaired) electrons. The van der Waals surface area contributed by atoms with Gasteiger partial charge in [0.15, 0.2) is 0 Å². The lowest BCUT2D eigenvalue weighted by Crippen LogP contribution is -2.23. The molecule has 0 aromatic heterocycles. The standard InChI is InChI=1S/C18H20BrClN2O/c1-13-5-6-17(16(19)11-13)22-18(23)8-10-21-9-7-14-3-2-4-15(20)12-14/h2-6,11-12,21H,7-10H2,1H3,(H,22,23). The zero-order valence-electron chi connectivity index (χ0n) is 13.0. The van der Waals surface area contributed by atoms with Crippen LogP contribution in [0.3, 0.4) is 0 Å². The summed E-state index contributed by atoms with van der Waals surface area (Å²) in [5, 5.41) is 6.94. The molecular formula is C18H20BrClN2O. The number of nitrogens with one attached hydrogen (secondary N) is 2. The number of halogens is 2. The minimum atomic E-state index is 0.00445. The Morgan fingerprint density at radius 1 is 1.17 bits per heavy atom. The zero-order chi connectivity index (χ0) is 16.7. The molecule has 0 unspecified atom stereocenters. The van der Waals surface area contributed by atoms with Crippen LogP contribution in [-0.2, 0) is 11.2 Å². The van der Waals surface area contributed by atoms with E-state index >= 15 is 0 Å². The van der Waals surface area contributed by atoms with Gasteiger partial charge in [-0.1, -0.05) is 29.8 Å². The molecule has 3 nitrogen and oxygen atoms in total. The maximum atomic E-state index is 11.9. The summed E-state index contributed by atoms with van der Waals surface area (Å²) in [6, 6.07) is 13.7. The van der Waals surface area contributed by atoms with Gasteiger partial charge in [0.1, 0.15) is 0 Å². The number of carbonyl (C=O) groups is 1. The molecule has 0 saturated carbocycles. The van der Waals surface area contributed by atoms with E-state index in [9.17, 15) is 4.79 Å². The zero-order valence-corrected chi connectivity index (χ0v) is 15.4. The van der Waals surface area contributed by atoms with Gasteiger partial charge in [0.05, 0.1) is 5.69 Å². The number of benzene rings is 2. The van der Waals surface area contributed by atoms with E-state index in [1.807, 2.05) is 43.3 Å². The fourth-order valence-corrected chi connectivity index (χ4v) is 2.99. The van der Waals surface area contributed by atoms with Gasteiger partial charge in [-0.25, -0.2) is 0 Å². The summed E-state index contributed by atoms with van der Waals surface area (Å²) in [5.41, 5.74) is 3.15. The predicted octanol–water partition coefficient (Wildman–Crippen LogP) is 4.57. The summed E-state index contributed by atoms with van der Waals surface area (Å²) in [6.45, 7) is 3.48. The van der Waals surface area contributed by atoms with E-state index in [0.717, 1.165) is 33.7 Å². The van der Waals surface area contributed by atoms with Crippen molar-refractivity contribution in [1.29, 1.82) is 0 Å². The second-order valence-corrected chi connectivity index (χ2v) is 6.70. The first-order chi connectivity index (χ1) is 11.0. The molecule has 0 bridgehead atoms. The first-order valence-corrected chi connectivity index (χ1v) is 8.73. The number of amides is 1. The molecular weight excluding hydrogens is 376 g/mol. The quantitative estimate of drug-likeness (QED) is 0.674. The van der Waals surface area contributed by atoms with E-state index in [4.69, 9.17) is 11.6 Å². The summed E-state index contributed by atoms with van der Waals surface area (Å²) < 4.78 is 0.903. The maximum Gasteiger partial charge on any atom is 0.225 e. The molecule has 0 atom stereocenters. The van der Waals surface area contributed by atoms with Crippen molar-refractivity contribution in [3.8, 4) is 0 Å². The van der Waals surface area contributed by atoms with Crippen LogP contribution >= 0.6 is 27.5 Å². The molecule has 0 spiro atoms. The molecule has 2 N–H and O–H groups in total. The van der Waals surface area contributed by atoms with Crippen LogP contribution < -0.4 is 10.6 Å². The lowest BCUT2D eigenvalue weighted by atomic mass is 10.1. The van der Waals surface area contributed by atoms with E-state index in [0.29, 0.717) is 13.0 Å². The maximum absolute atomic E-state index is 11.9. The van der Waals surface area contributed by atoms with Crippen molar-refractivity contribution < 1.29 is 4.79 Å². The van der Waals surface area contributed by atoms with Crippen molar-refractivity contribution in [2.45, 2.75) is 19.8 Å². The van der Waals surface area contributed by atoms with Crippen LogP contribution in [0.1, 0.15) is 17.5 Å². The number of hydrogen-bond donors (Lipinski definition) is 2. The first-order valence-electron chi connectivity index (χ1n) is 7.56. The van der Waals surface area contributed by atoms with Gasteiger partial charge in [0.25, 0.3) is 0 Å². The molecule has 122 valence electrons. The lowest BCUT2D eigenvalue weighted by molar-refractivity contribution is -0.116. The van der Waals surface area contributed by atoms with Gasteiger partial charge < -0.3 is 10.6 Å². The third kappa shape index (κ3) is 6.34. The Labute approximate surface area is 150 Å². The third-order valence-corrected chi connectivity index (χ3v) is 4.30. The molecule has 0 saturated heterocycles. The van der Waals surface area contributed by atoms with Crippen molar-refractivity contribution in [1.82, 2.24) is 5.32 Å². The number of carbonyl (C=O) groups excluding carboxylic acids is 1. The molecule has 0 aliphatic carbocycles. The Morgan fingerprint density at radius 2 is 2.00 bits per heavy atom. The largest absolute Gasteiger partial charge is 0.325 e. The van der Waals surface area contributed by atoms with Crippen LogP contribution in [0.15, 0.2) is 46.9 Å². The van der Waals surface area contributed by atoms with Crippen molar-refractivity contribution in [3.63, 3.8) is 0 Å². The van der Waals surface area contributed by atoms with Gasteiger partial charge in [-0.3, -0.25) is 4.79 Å². The van der Waals surface area contributed by atoms with Crippen molar-refractivity contribution >= 4 is 39.1 Å². The minimum absolute atomic E-state index is 0.00445. The highest BCUT2D eigenvalue weighted by Gasteiger charge is 2.05. The molecule has 23 heavy (non-hydrogen) atoms. The summed E-state index contributed by atoms with van der Waals surface area (Å²) in [7, 11) is 0. The summed E-state index contributed by atoms with van der Waals surface area (Å²) in [5.74, 6) is 0.00445. The van der Waals surface area contributed by atoms with E-state index < -0.39 is 0 Å². The fraction of sp³-hybridized carbons (Fsp3) is 0.278. The molecule has 0 aliphatic heterocycles. The van der Waals surface area contributed by atoms with Gasteiger partial charge in [-0.2, -0.15) is 0 Å². The van der Waals surface area contributed by atoms with E-state index in [-0.39, 0.29) is 5.91 Å². The number of aryl methyl sites for hydroxylation is 1. The average Bonchev–Trinajstić information content (AvgIpc) is 2.50. The smallest absolute Gasteiger partial charge is 0.225 e. The normalized spacial score (nSPS) is 10.6. The van der Waals surface area contributed by atoms with E-state index in [1.54, 1.807) is 0 Å². The SMILES string of the molecule is Cc1ccc(NC(=O)CCNCCc2cccc(Cl)c2)c(Br)c1. The van der Waals surface area contributed by atoms with Gasteiger partial charge >= 0.3 is 0 Å². The van der Waals surface area contributed by atoms with Crippen LogP contribution in [0.25, 0.3) is 0 Å². The van der Waals surface area contributed by atoms with E-state index in [2.05, 4.69) is 32.6 Å². The third-order valence-electron chi connectivity index (χ3n) is 3.41. The highest BCUT2D eigenvalue weighted by Crippen LogP contribution is 2.23. The second-order valence-electron chi connectivity index (χ2n) is 5.41. The molecule has 0 aliphatic rings. The fourth-order valence-electron chi connectivity index (χ4n) is 2.19. The Kier molecular flexibility index (Phi) is 7.09. The van der Waals surface area contributed by atoms with Crippen LogP contribution in [0.2, 0.25) is 5.02 Å². The van der Waals surface area contributed by atoms with Gasteiger partial charge in [0, 0.05) is 22.5 Å². The van der Waals surface area contributed by atoms with E-state index in [1.165, 1.54) is 5.56 Å². The van der Waals surface area contributed by atoms with Crippen molar-refractivity contribution in [2.75, 3.05) is 18.4 Å². The molecule has 1 amide bonds. The number of rotatable bonds is 7. The molecule has 2 rings (SSSR count). The molecule has 2 aromatic rings. The minimum Gasteiger partial charge on any atom is -0.325 e. The Morgan fingerprint density at radius 3 is 2.74 bits per heavy atom. The second kappa shape index (κ2) is 9.06. The average molecular weight is 396 g/mol. The van der Waals surface area contributed by atoms with Crippen molar-refractivity contribution in [2.24, 2.45) is 0 Å². The monoisotopic (exact) mass is 394 g/mol. The number of hydrogen-bond acceptors (Lipinski definition) is 2. The first kappa shape index (κ1) is 18.0. The van der Waals surface area contributed by atoms with Gasteiger partial charge in [0.2, 0.25) is 5.91 Å². The van der Waals surface area contributed by atoms with Gasteiger partial charge in [-0.05, 0) is 71.2 Å². The van der Waals surface area contributed by atoms with Crippen LogP contribution in [-0.4, -0.2) is 19.0 Å². The highest BCUT2D eigenvalue weighted by atomic mass is 79.9. The topological polar surface area (TPSA) is 41.1 Å². The molecule has 2 aromatic carbocycles.